The summed E-state index contributed by atoms with van der Waals surface area (Å²) in [6.07, 6.45) is 3.11. The largest absolute Gasteiger partial charge is 0.497 e. The van der Waals surface area contributed by atoms with E-state index in [9.17, 15) is 4.79 Å². The van der Waals surface area contributed by atoms with Crippen molar-refractivity contribution in [2.75, 3.05) is 25.5 Å². The number of ether oxygens (including phenoxy) is 1. The molecule has 1 fully saturated rings. The molecule has 1 aliphatic rings. The molecule has 0 spiro atoms. The summed E-state index contributed by atoms with van der Waals surface area (Å²) in [6, 6.07) is 7.41. The van der Waals surface area contributed by atoms with Crippen LogP contribution in [0.4, 0.5) is 5.13 Å². The van der Waals surface area contributed by atoms with Crippen molar-refractivity contribution in [3.8, 4) is 17.1 Å². The number of benzene rings is 1. The van der Waals surface area contributed by atoms with Crippen molar-refractivity contribution < 1.29 is 14.1 Å². The minimum Gasteiger partial charge on any atom is -0.497 e. The maximum absolute atomic E-state index is 12.3. The van der Waals surface area contributed by atoms with Crippen molar-refractivity contribution in [1.29, 1.82) is 0 Å². The van der Waals surface area contributed by atoms with Crippen LogP contribution in [-0.2, 0) is 17.8 Å². The van der Waals surface area contributed by atoms with Crippen LogP contribution >= 0.6 is 11.3 Å². The van der Waals surface area contributed by atoms with Gasteiger partial charge < -0.3 is 14.6 Å². The second-order valence-corrected chi connectivity index (χ2v) is 8.75. The lowest BCUT2D eigenvalue weighted by atomic mass is 9.99. The molecule has 0 unspecified atom stereocenters. The Morgan fingerprint density at radius 2 is 2.03 bits per heavy atom. The van der Waals surface area contributed by atoms with E-state index in [2.05, 4.69) is 32.3 Å². The molecule has 0 radical (unpaired) electrons. The number of anilines is 1. The number of hydrogen-bond acceptors (Lipinski definition) is 8. The van der Waals surface area contributed by atoms with Crippen molar-refractivity contribution in [3.63, 3.8) is 0 Å². The van der Waals surface area contributed by atoms with Gasteiger partial charge in [0.25, 0.3) is 0 Å². The van der Waals surface area contributed by atoms with Gasteiger partial charge in [-0.1, -0.05) is 12.1 Å². The highest BCUT2D eigenvalue weighted by Gasteiger charge is 2.17. The zero-order valence-corrected chi connectivity index (χ0v) is 18.7. The molecule has 1 aromatic carbocycles. The van der Waals surface area contributed by atoms with Crippen LogP contribution in [0.5, 0.6) is 5.75 Å². The summed E-state index contributed by atoms with van der Waals surface area (Å²) in [6.45, 7) is 5.38. The molecule has 1 saturated heterocycles. The van der Waals surface area contributed by atoms with Gasteiger partial charge >= 0.3 is 0 Å². The van der Waals surface area contributed by atoms with E-state index >= 15 is 0 Å². The number of nitrogens with one attached hydrogen (secondary N) is 1. The summed E-state index contributed by atoms with van der Waals surface area (Å²) >= 11 is 1.46. The van der Waals surface area contributed by atoms with Gasteiger partial charge in [0.2, 0.25) is 17.6 Å². The lowest BCUT2D eigenvalue weighted by Crippen LogP contribution is -2.32. The summed E-state index contributed by atoms with van der Waals surface area (Å²) in [5, 5.41) is 9.52. The molecule has 164 valence electrons. The number of aromatic nitrogens is 3. The first-order valence-corrected chi connectivity index (χ1v) is 11.4. The first-order valence-electron chi connectivity index (χ1n) is 10.5. The van der Waals surface area contributed by atoms with Crippen LogP contribution in [0, 0.1) is 5.92 Å². The van der Waals surface area contributed by atoms with Crippen LogP contribution in [0.25, 0.3) is 11.4 Å². The zero-order chi connectivity index (χ0) is 21.6. The van der Waals surface area contributed by atoms with Crippen LogP contribution in [0.1, 0.15) is 37.8 Å². The quantitative estimate of drug-likeness (QED) is 0.564. The van der Waals surface area contributed by atoms with Crippen molar-refractivity contribution in [1.82, 2.24) is 20.0 Å². The van der Waals surface area contributed by atoms with Crippen molar-refractivity contribution in [3.05, 3.63) is 41.2 Å². The third-order valence-corrected chi connectivity index (χ3v) is 6.25. The number of carbonyl (C=O) groups is 1. The highest BCUT2D eigenvalue weighted by Crippen LogP contribution is 2.22. The van der Waals surface area contributed by atoms with Crippen LogP contribution < -0.4 is 10.1 Å². The third-order valence-electron chi connectivity index (χ3n) is 5.44. The third kappa shape index (κ3) is 5.89. The molecule has 8 nitrogen and oxygen atoms in total. The van der Waals surface area contributed by atoms with Crippen LogP contribution in [0.15, 0.2) is 34.2 Å². The van der Waals surface area contributed by atoms with Gasteiger partial charge in [0.1, 0.15) is 5.75 Å². The van der Waals surface area contributed by atoms with E-state index in [4.69, 9.17) is 9.26 Å². The Morgan fingerprint density at radius 1 is 1.26 bits per heavy atom. The van der Waals surface area contributed by atoms with E-state index in [-0.39, 0.29) is 12.3 Å². The van der Waals surface area contributed by atoms with E-state index in [1.165, 1.54) is 24.2 Å². The smallest absolute Gasteiger partial charge is 0.227 e. The Bertz CT molecular complexity index is 993. The zero-order valence-electron chi connectivity index (χ0n) is 17.8. The van der Waals surface area contributed by atoms with E-state index in [0.717, 1.165) is 42.6 Å². The predicted molar refractivity (Wildman–Crippen MR) is 119 cm³/mol. The molecule has 0 saturated carbocycles. The summed E-state index contributed by atoms with van der Waals surface area (Å²) in [5.41, 5.74) is 1.84. The van der Waals surface area contributed by atoms with Gasteiger partial charge in [-0.05, 0) is 56.1 Å². The molecule has 1 aliphatic heterocycles. The topological polar surface area (TPSA) is 93.4 Å². The number of nitrogens with zero attached hydrogens (tertiary/aromatic N) is 4. The molecule has 3 heterocycles. The number of hydrogen-bond donors (Lipinski definition) is 1. The molecular weight excluding hydrogens is 414 g/mol. The van der Waals surface area contributed by atoms with Crippen LogP contribution in [0.3, 0.4) is 0 Å². The summed E-state index contributed by atoms with van der Waals surface area (Å²) in [7, 11) is 1.62. The molecule has 3 aromatic rings. The van der Waals surface area contributed by atoms with Crippen LogP contribution in [-0.4, -0.2) is 46.1 Å². The number of piperidine rings is 1. The number of carbonyl (C=O) groups excluding carboxylic acids is 1. The van der Waals surface area contributed by atoms with Crippen molar-refractivity contribution >= 4 is 22.4 Å². The van der Waals surface area contributed by atoms with Gasteiger partial charge in [-0.25, -0.2) is 4.98 Å². The number of aryl methyl sites for hydroxylation is 1. The lowest BCUT2D eigenvalue weighted by Gasteiger charge is -2.29. The molecule has 31 heavy (non-hydrogen) atoms. The number of amides is 1. The van der Waals surface area contributed by atoms with E-state index in [1.54, 1.807) is 7.11 Å². The Kier molecular flexibility index (Phi) is 6.93. The molecule has 4 rings (SSSR count). The Labute approximate surface area is 185 Å². The predicted octanol–water partition coefficient (Wildman–Crippen LogP) is 4.00. The van der Waals surface area contributed by atoms with Crippen molar-refractivity contribution in [2.24, 2.45) is 5.92 Å². The molecule has 1 amide bonds. The summed E-state index contributed by atoms with van der Waals surface area (Å²) < 4.78 is 10.4. The lowest BCUT2D eigenvalue weighted by molar-refractivity contribution is -0.116. The van der Waals surface area contributed by atoms with Gasteiger partial charge in [0.15, 0.2) is 5.13 Å². The summed E-state index contributed by atoms with van der Waals surface area (Å²) in [5.74, 6) is 2.39. The molecule has 0 atom stereocenters. The fraction of sp³-hybridized carbons (Fsp3) is 0.455. The van der Waals surface area contributed by atoms with Gasteiger partial charge in [-0.2, -0.15) is 4.98 Å². The molecule has 0 bridgehead atoms. The molecule has 9 heteroatoms. The minimum atomic E-state index is -0.114. The Hall–Kier alpha value is -2.78. The molecule has 2 aromatic heterocycles. The SMILES string of the molecule is COc1ccc(-c2noc(CCC(=O)Nc3nc(CN4CCC(C)CC4)cs3)n2)cc1. The van der Waals surface area contributed by atoms with Gasteiger partial charge in [0.05, 0.1) is 12.8 Å². The monoisotopic (exact) mass is 441 g/mol. The van der Waals surface area contributed by atoms with Crippen LogP contribution in [0.2, 0.25) is 0 Å². The maximum Gasteiger partial charge on any atom is 0.227 e. The summed E-state index contributed by atoms with van der Waals surface area (Å²) in [4.78, 5) is 23.7. The average Bonchev–Trinajstić information content (AvgIpc) is 3.44. The first kappa shape index (κ1) is 21.5. The maximum atomic E-state index is 12.3. The fourth-order valence-corrected chi connectivity index (χ4v) is 4.22. The Morgan fingerprint density at radius 3 is 2.77 bits per heavy atom. The second-order valence-electron chi connectivity index (χ2n) is 7.89. The Balaban J connectivity index is 1.24. The highest BCUT2D eigenvalue weighted by molar-refractivity contribution is 7.13. The number of thiazole rings is 1. The average molecular weight is 442 g/mol. The van der Waals surface area contributed by atoms with Crippen molar-refractivity contribution in [2.45, 2.75) is 39.2 Å². The van der Waals surface area contributed by atoms with Gasteiger partial charge in [-0.3, -0.25) is 9.69 Å². The number of likely N-dealkylation sites (tertiary alicyclic amines) is 1. The van der Waals surface area contributed by atoms with E-state index in [1.807, 2.05) is 29.6 Å². The standard InChI is InChI=1S/C22H27N5O3S/c1-15-9-11-27(12-10-15)13-17-14-31-22(23-17)24-19(28)7-8-20-25-21(26-30-20)16-3-5-18(29-2)6-4-16/h3-6,14-15H,7-13H2,1-2H3,(H,23,24,28). The number of methoxy groups -OCH3 is 1. The van der Waals surface area contributed by atoms with E-state index in [0.29, 0.717) is 23.3 Å². The van der Waals surface area contributed by atoms with Gasteiger partial charge in [0, 0.05) is 30.3 Å². The highest BCUT2D eigenvalue weighted by atomic mass is 32.1. The van der Waals surface area contributed by atoms with E-state index < -0.39 is 0 Å². The number of rotatable bonds is 8. The molecular formula is C22H27N5O3S. The normalized spacial score (nSPS) is 15.2. The molecule has 1 N–H and O–H groups in total. The molecule has 0 aliphatic carbocycles. The first-order chi connectivity index (χ1) is 15.1. The fourth-order valence-electron chi connectivity index (χ4n) is 3.50. The van der Waals surface area contributed by atoms with Gasteiger partial charge in [-0.15, -0.1) is 11.3 Å². The minimum absolute atomic E-state index is 0.114. The second kappa shape index (κ2) is 10.0.